The molecule has 0 aliphatic carbocycles. The van der Waals surface area contributed by atoms with E-state index in [-0.39, 0.29) is 18.3 Å². The Kier molecular flexibility index (Phi) is 3.27. The summed E-state index contributed by atoms with van der Waals surface area (Å²) in [7, 11) is 1.54. The predicted molar refractivity (Wildman–Crippen MR) is 45.3 cm³/mol. The molecule has 0 aliphatic heterocycles. The summed E-state index contributed by atoms with van der Waals surface area (Å²) in [5, 5.41) is 14.1. The molecule has 0 saturated carbocycles. The molecule has 0 radical (unpaired) electrons. The van der Waals surface area contributed by atoms with Gasteiger partial charge in [0.05, 0.1) is 6.61 Å². The van der Waals surface area contributed by atoms with Crippen molar-refractivity contribution in [3.63, 3.8) is 0 Å². The van der Waals surface area contributed by atoms with E-state index in [1.165, 1.54) is 11.9 Å². The maximum absolute atomic E-state index is 12.1. The van der Waals surface area contributed by atoms with Gasteiger partial charge in [0.1, 0.15) is 0 Å². The Bertz CT molecular complexity index is 301. The summed E-state index contributed by atoms with van der Waals surface area (Å²) in [6, 6.07) is 0. The summed E-state index contributed by atoms with van der Waals surface area (Å²) in [4.78, 5) is 1.41. The number of nitrogens with zero attached hydrogens (tertiary/aromatic N) is 3. The van der Waals surface area contributed by atoms with E-state index in [4.69, 9.17) is 5.11 Å². The van der Waals surface area contributed by atoms with Gasteiger partial charge < -0.3 is 10.0 Å². The van der Waals surface area contributed by atoms with E-state index in [1.54, 1.807) is 0 Å². The number of anilines is 1. The van der Waals surface area contributed by atoms with Gasteiger partial charge in [-0.15, -0.1) is 10.2 Å². The van der Waals surface area contributed by atoms with Crippen molar-refractivity contribution in [3.05, 3.63) is 5.01 Å². The minimum absolute atomic E-state index is 0.141. The predicted octanol–water partition coefficient (Wildman–Crippen LogP) is 0.985. The van der Waals surface area contributed by atoms with Gasteiger partial charge in [-0.1, -0.05) is 11.3 Å². The standard InChI is InChI=1S/C6H8F3N3OS/c1-12(2-3-13)5-11-10-4(14-5)6(7,8)9/h13H,2-3H2,1H3. The molecule has 0 saturated heterocycles. The van der Waals surface area contributed by atoms with Gasteiger partial charge in [-0.2, -0.15) is 13.2 Å². The first kappa shape index (κ1) is 11.2. The van der Waals surface area contributed by atoms with Crippen LogP contribution in [0.5, 0.6) is 0 Å². The van der Waals surface area contributed by atoms with E-state index < -0.39 is 11.2 Å². The van der Waals surface area contributed by atoms with Gasteiger partial charge in [-0.25, -0.2) is 0 Å². The lowest BCUT2D eigenvalue weighted by Gasteiger charge is -2.11. The number of aliphatic hydroxyl groups excluding tert-OH is 1. The molecule has 1 N–H and O–H groups in total. The van der Waals surface area contributed by atoms with Gasteiger partial charge in [-0.3, -0.25) is 0 Å². The lowest BCUT2D eigenvalue weighted by molar-refractivity contribution is -0.138. The molecule has 14 heavy (non-hydrogen) atoms. The quantitative estimate of drug-likeness (QED) is 0.836. The number of alkyl halides is 3. The molecule has 0 bridgehead atoms. The molecular weight excluding hydrogens is 219 g/mol. The molecule has 4 nitrogen and oxygen atoms in total. The van der Waals surface area contributed by atoms with Gasteiger partial charge in [0.25, 0.3) is 0 Å². The highest BCUT2D eigenvalue weighted by atomic mass is 32.1. The third-order valence-corrected chi connectivity index (χ3v) is 2.50. The molecule has 1 aromatic heterocycles. The number of aliphatic hydroxyl groups is 1. The summed E-state index contributed by atoms with van der Waals surface area (Å²) in [6.07, 6.45) is -4.45. The van der Waals surface area contributed by atoms with Crippen LogP contribution in [-0.4, -0.2) is 35.5 Å². The molecule has 1 aromatic rings. The molecule has 8 heteroatoms. The van der Waals surface area contributed by atoms with Crippen LogP contribution >= 0.6 is 11.3 Å². The maximum atomic E-state index is 12.1. The van der Waals surface area contributed by atoms with Crippen molar-refractivity contribution in [3.8, 4) is 0 Å². The third-order valence-electron chi connectivity index (χ3n) is 1.42. The van der Waals surface area contributed by atoms with Crippen LogP contribution in [0, 0.1) is 0 Å². The first-order valence-corrected chi connectivity index (χ1v) is 4.49. The van der Waals surface area contributed by atoms with E-state index >= 15 is 0 Å². The lowest BCUT2D eigenvalue weighted by atomic mass is 10.6. The van der Waals surface area contributed by atoms with Crippen LogP contribution in [0.3, 0.4) is 0 Å². The number of aromatic nitrogens is 2. The van der Waals surface area contributed by atoms with Crippen molar-refractivity contribution >= 4 is 16.5 Å². The average molecular weight is 227 g/mol. The van der Waals surface area contributed by atoms with Crippen LogP contribution in [0.4, 0.5) is 18.3 Å². The highest BCUT2D eigenvalue weighted by Crippen LogP contribution is 2.33. The number of halogens is 3. The fourth-order valence-electron chi connectivity index (χ4n) is 0.730. The second kappa shape index (κ2) is 4.09. The zero-order chi connectivity index (χ0) is 10.8. The van der Waals surface area contributed by atoms with Crippen LogP contribution < -0.4 is 4.90 Å². The Balaban J connectivity index is 2.78. The number of likely N-dealkylation sites (N-methyl/N-ethyl adjacent to an activating group) is 1. The Morgan fingerprint density at radius 3 is 2.50 bits per heavy atom. The van der Waals surface area contributed by atoms with Gasteiger partial charge in [0.15, 0.2) is 0 Å². The molecule has 1 heterocycles. The molecule has 0 unspecified atom stereocenters. The first-order valence-electron chi connectivity index (χ1n) is 3.68. The molecule has 0 spiro atoms. The van der Waals surface area contributed by atoms with E-state index in [2.05, 4.69) is 10.2 Å². The van der Waals surface area contributed by atoms with Gasteiger partial charge in [0, 0.05) is 13.6 Å². The molecule has 0 amide bonds. The van der Waals surface area contributed by atoms with Crippen molar-refractivity contribution in [2.75, 3.05) is 25.1 Å². The van der Waals surface area contributed by atoms with Crippen molar-refractivity contribution in [2.45, 2.75) is 6.18 Å². The molecule has 1 rings (SSSR count). The van der Waals surface area contributed by atoms with Crippen LogP contribution in [0.2, 0.25) is 0 Å². The fourth-order valence-corrected chi connectivity index (χ4v) is 1.43. The van der Waals surface area contributed by atoms with Crippen LogP contribution in [0.25, 0.3) is 0 Å². The van der Waals surface area contributed by atoms with E-state index in [0.29, 0.717) is 11.3 Å². The summed E-state index contributed by atoms with van der Waals surface area (Å²) in [6.45, 7) is 0.0872. The Morgan fingerprint density at radius 1 is 1.43 bits per heavy atom. The molecule has 0 aromatic carbocycles. The van der Waals surface area contributed by atoms with Crippen LogP contribution in [0.1, 0.15) is 5.01 Å². The molecule has 0 atom stereocenters. The topological polar surface area (TPSA) is 49.2 Å². The fraction of sp³-hybridized carbons (Fsp3) is 0.667. The smallest absolute Gasteiger partial charge is 0.395 e. The largest absolute Gasteiger partial charge is 0.445 e. The molecule has 80 valence electrons. The summed E-state index contributed by atoms with van der Waals surface area (Å²) < 4.78 is 36.3. The SMILES string of the molecule is CN(CCO)c1nnc(C(F)(F)F)s1. The third kappa shape index (κ3) is 2.55. The highest BCUT2D eigenvalue weighted by molar-refractivity contribution is 7.15. The number of rotatable bonds is 3. The molecule has 0 aliphatic rings. The summed E-state index contributed by atoms with van der Waals surface area (Å²) in [5.41, 5.74) is 0. The molecule has 0 fully saturated rings. The Labute approximate surface area is 82.0 Å². The van der Waals surface area contributed by atoms with Gasteiger partial charge in [0.2, 0.25) is 10.1 Å². The maximum Gasteiger partial charge on any atom is 0.445 e. The molecular formula is C6H8F3N3OS. The Morgan fingerprint density at radius 2 is 2.07 bits per heavy atom. The minimum atomic E-state index is -4.45. The van der Waals surface area contributed by atoms with E-state index in [9.17, 15) is 13.2 Å². The van der Waals surface area contributed by atoms with Crippen molar-refractivity contribution in [1.82, 2.24) is 10.2 Å². The monoisotopic (exact) mass is 227 g/mol. The zero-order valence-electron chi connectivity index (χ0n) is 7.25. The average Bonchev–Trinajstić information content (AvgIpc) is 2.51. The number of hydrogen-bond acceptors (Lipinski definition) is 5. The van der Waals surface area contributed by atoms with Crippen molar-refractivity contribution in [2.24, 2.45) is 0 Å². The second-order valence-electron chi connectivity index (χ2n) is 2.53. The summed E-state index contributed by atoms with van der Waals surface area (Å²) in [5.74, 6) is 0. The summed E-state index contributed by atoms with van der Waals surface area (Å²) >= 11 is 0.455. The van der Waals surface area contributed by atoms with Gasteiger partial charge >= 0.3 is 6.18 Å². The van der Waals surface area contributed by atoms with E-state index in [0.717, 1.165) is 0 Å². The first-order chi connectivity index (χ1) is 6.45. The van der Waals surface area contributed by atoms with Crippen molar-refractivity contribution in [1.29, 1.82) is 0 Å². The number of hydrogen-bond donors (Lipinski definition) is 1. The normalized spacial score (nSPS) is 11.8. The second-order valence-corrected chi connectivity index (χ2v) is 3.49. The lowest BCUT2D eigenvalue weighted by Crippen LogP contribution is -2.20. The Hall–Kier alpha value is -0.890. The minimum Gasteiger partial charge on any atom is -0.395 e. The zero-order valence-corrected chi connectivity index (χ0v) is 8.06. The van der Waals surface area contributed by atoms with Crippen LogP contribution in [0.15, 0.2) is 0 Å². The van der Waals surface area contributed by atoms with Crippen molar-refractivity contribution < 1.29 is 18.3 Å². The van der Waals surface area contributed by atoms with Crippen LogP contribution in [-0.2, 0) is 6.18 Å². The van der Waals surface area contributed by atoms with E-state index in [1.807, 2.05) is 0 Å². The highest BCUT2D eigenvalue weighted by Gasteiger charge is 2.35. The van der Waals surface area contributed by atoms with Gasteiger partial charge in [-0.05, 0) is 0 Å².